The van der Waals surface area contributed by atoms with Crippen LogP contribution < -0.4 is 5.32 Å². The first-order chi connectivity index (χ1) is 9.09. The highest BCUT2D eigenvalue weighted by Crippen LogP contribution is 2.41. The minimum absolute atomic E-state index is 0.168. The molecule has 1 aliphatic rings. The molecule has 2 N–H and O–H groups in total. The van der Waals surface area contributed by atoms with Crippen LogP contribution >= 0.6 is 11.6 Å². The van der Waals surface area contributed by atoms with Crippen molar-refractivity contribution in [2.24, 2.45) is 11.8 Å². The molecule has 2 rings (SSSR count). The van der Waals surface area contributed by atoms with Gasteiger partial charge < -0.3 is 10.4 Å². The van der Waals surface area contributed by atoms with Crippen molar-refractivity contribution < 1.29 is 5.11 Å². The van der Waals surface area contributed by atoms with Crippen LogP contribution in [-0.2, 0) is 0 Å². The molecule has 0 spiro atoms. The fraction of sp³-hybridized carbons (Fsp3) is 0.625. The van der Waals surface area contributed by atoms with E-state index in [2.05, 4.69) is 19.2 Å². The second-order valence-corrected chi connectivity index (χ2v) is 6.42. The molecular weight excluding hydrogens is 258 g/mol. The Morgan fingerprint density at radius 1 is 1.37 bits per heavy atom. The van der Waals surface area contributed by atoms with Crippen LogP contribution in [-0.4, -0.2) is 17.3 Å². The van der Waals surface area contributed by atoms with Gasteiger partial charge in [-0.15, -0.1) is 0 Å². The smallest absolute Gasteiger partial charge is 0.0664 e. The molecule has 0 bridgehead atoms. The summed E-state index contributed by atoms with van der Waals surface area (Å²) in [5, 5.41) is 14.3. The molecule has 0 aliphatic heterocycles. The summed E-state index contributed by atoms with van der Waals surface area (Å²) in [6.45, 7) is 4.66. The first-order valence-electron chi connectivity index (χ1n) is 7.22. The summed E-state index contributed by atoms with van der Waals surface area (Å²) >= 11 is 6.25. The molecule has 0 heterocycles. The highest BCUT2D eigenvalue weighted by atomic mass is 35.5. The van der Waals surface area contributed by atoms with Crippen molar-refractivity contribution in [3.63, 3.8) is 0 Å². The zero-order valence-corrected chi connectivity index (χ0v) is 12.6. The number of nitrogens with one attached hydrogen (secondary N) is 1. The number of aliphatic hydroxyl groups excluding tert-OH is 1. The molecule has 19 heavy (non-hydrogen) atoms. The molecular formula is C16H24ClNO. The van der Waals surface area contributed by atoms with Crippen LogP contribution in [0.4, 0.5) is 5.69 Å². The summed E-state index contributed by atoms with van der Waals surface area (Å²) in [6, 6.07) is 7.79. The molecule has 1 aromatic carbocycles. The zero-order chi connectivity index (χ0) is 13.9. The van der Waals surface area contributed by atoms with E-state index < -0.39 is 0 Å². The van der Waals surface area contributed by atoms with Crippen LogP contribution in [0.25, 0.3) is 0 Å². The van der Waals surface area contributed by atoms with E-state index in [1.54, 1.807) is 0 Å². The van der Waals surface area contributed by atoms with Gasteiger partial charge >= 0.3 is 0 Å². The first-order valence-corrected chi connectivity index (χ1v) is 7.60. The van der Waals surface area contributed by atoms with E-state index in [0.29, 0.717) is 11.8 Å². The summed E-state index contributed by atoms with van der Waals surface area (Å²) in [6.07, 6.45) is 4.61. The third-order valence-electron chi connectivity index (χ3n) is 4.44. The molecule has 0 amide bonds. The Morgan fingerprint density at radius 2 is 2.11 bits per heavy atom. The number of hydrogen-bond acceptors (Lipinski definition) is 2. The SMILES string of the molecule is CC(C)C1CCCCC1(CO)Nc1ccccc1Cl. The van der Waals surface area contributed by atoms with Crippen molar-refractivity contribution in [3.05, 3.63) is 29.3 Å². The number of anilines is 1. The minimum atomic E-state index is -0.225. The third-order valence-corrected chi connectivity index (χ3v) is 4.77. The number of rotatable bonds is 4. The molecule has 106 valence electrons. The molecule has 1 saturated carbocycles. The lowest BCUT2D eigenvalue weighted by atomic mass is 9.68. The van der Waals surface area contributed by atoms with Crippen LogP contribution in [0, 0.1) is 11.8 Å². The number of benzene rings is 1. The van der Waals surface area contributed by atoms with Crippen molar-refractivity contribution in [1.29, 1.82) is 0 Å². The topological polar surface area (TPSA) is 32.3 Å². The second kappa shape index (κ2) is 6.15. The lowest BCUT2D eigenvalue weighted by Crippen LogP contribution is -2.52. The molecule has 2 atom stereocenters. The van der Waals surface area contributed by atoms with Crippen molar-refractivity contribution in [1.82, 2.24) is 0 Å². The molecule has 1 aliphatic carbocycles. The van der Waals surface area contributed by atoms with Gasteiger partial charge in [-0.2, -0.15) is 0 Å². The van der Waals surface area contributed by atoms with Gasteiger partial charge in [-0.25, -0.2) is 0 Å². The third kappa shape index (κ3) is 3.06. The molecule has 1 fully saturated rings. The maximum absolute atomic E-state index is 10.0. The van der Waals surface area contributed by atoms with Crippen LogP contribution in [0.15, 0.2) is 24.3 Å². The maximum atomic E-state index is 10.0. The number of hydrogen-bond donors (Lipinski definition) is 2. The Morgan fingerprint density at radius 3 is 2.74 bits per heavy atom. The molecule has 0 aromatic heterocycles. The van der Waals surface area contributed by atoms with Gasteiger partial charge in [-0.05, 0) is 36.8 Å². The Labute approximate surface area is 121 Å². The standard InChI is InChI=1S/C16H24ClNO/c1-12(2)13-7-5-6-10-16(13,11-19)18-15-9-4-3-8-14(15)17/h3-4,8-9,12-13,18-19H,5-7,10-11H2,1-2H3. The van der Waals surface area contributed by atoms with E-state index in [4.69, 9.17) is 11.6 Å². The summed E-state index contributed by atoms with van der Waals surface area (Å²) in [4.78, 5) is 0. The normalized spacial score (nSPS) is 27.5. The highest BCUT2D eigenvalue weighted by molar-refractivity contribution is 6.33. The van der Waals surface area contributed by atoms with Gasteiger partial charge in [0.05, 0.1) is 22.9 Å². The average Bonchev–Trinajstić information content (AvgIpc) is 2.41. The lowest BCUT2D eigenvalue weighted by molar-refractivity contribution is 0.0898. The molecule has 0 radical (unpaired) electrons. The predicted molar refractivity (Wildman–Crippen MR) is 81.7 cm³/mol. The monoisotopic (exact) mass is 281 g/mol. The fourth-order valence-corrected chi connectivity index (χ4v) is 3.64. The molecule has 2 nitrogen and oxygen atoms in total. The van der Waals surface area contributed by atoms with Crippen molar-refractivity contribution >= 4 is 17.3 Å². The van der Waals surface area contributed by atoms with E-state index in [9.17, 15) is 5.11 Å². The summed E-state index contributed by atoms with van der Waals surface area (Å²) < 4.78 is 0. The van der Waals surface area contributed by atoms with Gasteiger partial charge in [-0.1, -0.05) is 50.4 Å². The van der Waals surface area contributed by atoms with E-state index in [0.717, 1.165) is 17.1 Å². The van der Waals surface area contributed by atoms with Gasteiger partial charge in [0.25, 0.3) is 0 Å². The van der Waals surface area contributed by atoms with E-state index in [-0.39, 0.29) is 12.1 Å². The molecule has 2 unspecified atom stereocenters. The Balaban J connectivity index is 2.28. The van der Waals surface area contributed by atoms with Crippen molar-refractivity contribution in [2.75, 3.05) is 11.9 Å². The highest BCUT2D eigenvalue weighted by Gasteiger charge is 2.41. The van der Waals surface area contributed by atoms with Gasteiger partial charge in [0, 0.05) is 0 Å². The zero-order valence-electron chi connectivity index (χ0n) is 11.8. The average molecular weight is 282 g/mol. The van der Waals surface area contributed by atoms with Crippen LogP contribution in [0.1, 0.15) is 39.5 Å². The minimum Gasteiger partial charge on any atom is -0.394 e. The van der Waals surface area contributed by atoms with Gasteiger partial charge in [-0.3, -0.25) is 0 Å². The molecule has 0 saturated heterocycles. The van der Waals surface area contributed by atoms with Crippen molar-refractivity contribution in [2.45, 2.75) is 45.1 Å². The number of para-hydroxylation sites is 1. The van der Waals surface area contributed by atoms with E-state index in [1.165, 1.54) is 19.3 Å². The fourth-order valence-electron chi connectivity index (χ4n) is 3.46. The largest absolute Gasteiger partial charge is 0.394 e. The summed E-state index contributed by atoms with van der Waals surface area (Å²) in [7, 11) is 0. The number of halogens is 1. The Hall–Kier alpha value is -0.730. The van der Waals surface area contributed by atoms with Crippen molar-refractivity contribution in [3.8, 4) is 0 Å². The quantitative estimate of drug-likeness (QED) is 0.861. The summed E-state index contributed by atoms with van der Waals surface area (Å²) in [5.41, 5.74) is 0.711. The molecule has 3 heteroatoms. The van der Waals surface area contributed by atoms with Crippen LogP contribution in [0.3, 0.4) is 0 Å². The maximum Gasteiger partial charge on any atom is 0.0664 e. The van der Waals surface area contributed by atoms with Gasteiger partial charge in [0.2, 0.25) is 0 Å². The first kappa shape index (κ1) is 14.7. The predicted octanol–water partition coefficient (Wildman–Crippen LogP) is 4.33. The van der Waals surface area contributed by atoms with Crippen LogP contribution in [0.2, 0.25) is 5.02 Å². The second-order valence-electron chi connectivity index (χ2n) is 6.02. The van der Waals surface area contributed by atoms with Gasteiger partial charge in [0.1, 0.15) is 0 Å². The lowest BCUT2D eigenvalue weighted by Gasteiger charge is -2.46. The van der Waals surface area contributed by atoms with Crippen LogP contribution in [0.5, 0.6) is 0 Å². The van der Waals surface area contributed by atoms with E-state index >= 15 is 0 Å². The van der Waals surface area contributed by atoms with Gasteiger partial charge in [0.15, 0.2) is 0 Å². The Bertz CT molecular complexity index is 421. The summed E-state index contributed by atoms with van der Waals surface area (Å²) in [5.74, 6) is 1.05. The number of aliphatic hydroxyl groups is 1. The van der Waals surface area contributed by atoms with E-state index in [1.807, 2.05) is 24.3 Å². The Kier molecular flexibility index (Phi) is 4.75. The molecule has 1 aromatic rings.